The van der Waals surface area contributed by atoms with Gasteiger partial charge in [0.2, 0.25) is 0 Å². The summed E-state index contributed by atoms with van der Waals surface area (Å²) in [7, 11) is 1.66. The maximum atomic E-state index is 13.7. The summed E-state index contributed by atoms with van der Waals surface area (Å²) in [5.41, 5.74) is 2.70. The molecule has 0 saturated heterocycles. The molecular formula is C28H22Cl2FN3OS. The number of aromatic nitrogens is 3. The Balaban J connectivity index is 1.53. The summed E-state index contributed by atoms with van der Waals surface area (Å²) in [4.78, 5) is 0. The number of methoxy groups -OCH3 is 1. The van der Waals surface area contributed by atoms with E-state index in [1.165, 1.54) is 23.9 Å². The molecule has 0 aliphatic heterocycles. The quantitative estimate of drug-likeness (QED) is 0.195. The van der Waals surface area contributed by atoms with Crippen LogP contribution in [0.4, 0.5) is 4.39 Å². The number of thioether (sulfide) groups is 1. The van der Waals surface area contributed by atoms with Crippen LogP contribution in [-0.4, -0.2) is 21.9 Å². The van der Waals surface area contributed by atoms with Crippen molar-refractivity contribution in [3.05, 3.63) is 112 Å². The Hall–Kier alpha value is -3.06. The lowest BCUT2D eigenvalue weighted by molar-refractivity contribution is 0.415. The number of benzene rings is 4. The van der Waals surface area contributed by atoms with E-state index < -0.39 is 0 Å². The zero-order valence-corrected chi connectivity index (χ0v) is 21.9. The molecule has 4 aromatic carbocycles. The van der Waals surface area contributed by atoms with Crippen molar-refractivity contribution in [1.29, 1.82) is 0 Å². The van der Waals surface area contributed by atoms with E-state index >= 15 is 0 Å². The fraction of sp³-hybridized carbons (Fsp3) is 0.143. The molecule has 0 amide bonds. The van der Waals surface area contributed by atoms with Gasteiger partial charge >= 0.3 is 0 Å². The van der Waals surface area contributed by atoms with Gasteiger partial charge in [-0.25, -0.2) is 4.39 Å². The Kier molecular flexibility index (Phi) is 7.19. The van der Waals surface area contributed by atoms with Crippen molar-refractivity contribution >= 4 is 45.7 Å². The van der Waals surface area contributed by atoms with Gasteiger partial charge in [0, 0.05) is 27.4 Å². The van der Waals surface area contributed by atoms with Crippen molar-refractivity contribution in [1.82, 2.24) is 14.8 Å². The Labute approximate surface area is 223 Å². The van der Waals surface area contributed by atoms with Gasteiger partial charge in [0.15, 0.2) is 5.16 Å². The van der Waals surface area contributed by atoms with E-state index in [1.807, 2.05) is 41.0 Å². The molecule has 5 rings (SSSR count). The van der Waals surface area contributed by atoms with E-state index in [0.717, 1.165) is 39.2 Å². The zero-order valence-electron chi connectivity index (χ0n) is 19.6. The minimum Gasteiger partial charge on any atom is -0.497 e. The highest BCUT2D eigenvalue weighted by atomic mass is 35.5. The fourth-order valence-electron chi connectivity index (χ4n) is 4.08. The molecule has 0 fully saturated rings. The van der Waals surface area contributed by atoms with Crippen molar-refractivity contribution in [3.63, 3.8) is 0 Å². The summed E-state index contributed by atoms with van der Waals surface area (Å²) < 4.78 is 21.0. The minimum atomic E-state index is -0.302. The second-order valence-electron chi connectivity index (χ2n) is 8.34. The van der Waals surface area contributed by atoms with Gasteiger partial charge < -0.3 is 4.74 Å². The maximum absolute atomic E-state index is 13.7. The number of halogens is 3. The van der Waals surface area contributed by atoms with Gasteiger partial charge in [0.25, 0.3) is 0 Å². The largest absolute Gasteiger partial charge is 0.497 e. The van der Waals surface area contributed by atoms with Crippen LogP contribution < -0.4 is 4.74 Å². The molecule has 182 valence electrons. The van der Waals surface area contributed by atoms with Crippen LogP contribution in [0.25, 0.3) is 16.5 Å². The SMILES string of the molecule is COc1ccc2cc([C@H](C)c3nnc(SCc4c(Cl)cccc4Cl)n3-c3ccc(F)cc3)ccc2c1. The highest BCUT2D eigenvalue weighted by Gasteiger charge is 2.22. The number of ether oxygens (including phenoxy) is 1. The molecule has 5 aromatic rings. The average molecular weight is 538 g/mol. The standard InChI is InChI=1S/C28H22Cl2FN3OS/c1-17(18-6-7-20-15-23(35-2)13-8-19(20)14-18)27-32-33-28(34(27)22-11-9-21(31)10-12-22)36-16-24-25(29)4-3-5-26(24)30/h3-15,17H,16H2,1-2H3/t17-/m0/s1. The molecule has 0 saturated carbocycles. The lowest BCUT2D eigenvalue weighted by Gasteiger charge is -2.16. The number of hydrogen-bond donors (Lipinski definition) is 0. The van der Waals surface area contributed by atoms with Gasteiger partial charge in [-0.15, -0.1) is 10.2 Å². The molecule has 1 atom stereocenters. The lowest BCUT2D eigenvalue weighted by atomic mass is 9.97. The molecule has 8 heteroatoms. The molecule has 0 unspecified atom stereocenters. The molecule has 4 nitrogen and oxygen atoms in total. The molecule has 1 aromatic heterocycles. The lowest BCUT2D eigenvalue weighted by Crippen LogP contribution is -2.08. The van der Waals surface area contributed by atoms with Gasteiger partial charge in [0.1, 0.15) is 17.4 Å². The third-order valence-electron chi connectivity index (χ3n) is 6.11. The molecule has 1 heterocycles. The topological polar surface area (TPSA) is 39.9 Å². The van der Waals surface area contributed by atoms with Crippen molar-refractivity contribution in [3.8, 4) is 11.4 Å². The molecule has 0 spiro atoms. The van der Waals surface area contributed by atoms with Gasteiger partial charge in [0.05, 0.1) is 7.11 Å². The predicted octanol–water partition coefficient (Wildman–Crippen LogP) is 8.32. The van der Waals surface area contributed by atoms with Crippen LogP contribution in [0.2, 0.25) is 10.0 Å². The molecule has 0 aliphatic rings. The number of fused-ring (bicyclic) bond motifs is 1. The average Bonchev–Trinajstić information content (AvgIpc) is 3.31. The van der Waals surface area contributed by atoms with E-state index in [1.54, 1.807) is 19.2 Å². The number of nitrogens with zero attached hydrogens (tertiary/aromatic N) is 3. The van der Waals surface area contributed by atoms with Crippen molar-refractivity contribution in [2.24, 2.45) is 0 Å². The van der Waals surface area contributed by atoms with E-state index in [-0.39, 0.29) is 11.7 Å². The number of hydrogen-bond acceptors (Lipinski definition) is 4. The summed E-state index contributed by atoms with van der Waals surface area (Å²) in [6, 6.07) is 24.1. The molecule has 0 aliphatic carbocycles. The summed E-state index contributed by atoms with van der Waals surface area (Å²) in [5.74, 6) is 1.71. The Morgan fingerprint density at radius 1 is 0.917 bits per heavy atom. The normalized spacial score (nSPS) is 12.1. The first kappa shape index (κ1) is 24.6. The van der Waals surface area contributed by atoms with Gasteiger partial charge in [-0.3, -0.25) is 4.57 Å². The monoisotopic (exact) mass is 537 g/mol. The number of rotatable bonds is 7. The second kappa shape index (κ2) is 10.5. The maximum Gasteiger partial charge on any atom is 0.196 e. The minimum absolute atomic E-state index is 0.0766. The van der Waals surface area contributed by atoms with Crippen LogP contribution in [0, 0.1) is 5.82 Å². The van der Waals surface area contributed by atoms with Crippen LogP contribution in [0.1, 0.15) is 29.8 Å². The second-order valence-corrected chi connectivity index (χ2v) is 10.1. The Bertz CT molecular complexity index is 1520. The van der Waals surface area contributed by atoms with Crippen molar-refractivity contribution in [2.45, 2.75) is 23.8 Å². The summed E-state index contributed by atoms with van der Waals surface area (Å²) in [6.07, 6.45) is 0. The summed E-state index contributed by atoms with van der Waals surface area (Å²) in [5, 5.41) is 13.1. The van der Waals surface area contributed by atoms with E-state index in [9.17, 15) is 4.39 Å². The molecule has 0 N–H and O–H groups in total. The first-order valence-electron chi connectivity index (χ1n) is 11.3. The Morgan fingerprint density at radius 2 is 1.61 bits per heavy atom. The fourth-order valence-corrected chi connectivity index (χ4v) is 5.78. The summed E-state index contributed by atoms with van der Waals surface area (Å²) in [6.45, 7) is 2.09. The van der Waals surface area contributed by atoms with Gasteiger partial charge in [-0.05, 0) is 70.4 Å². The molecule has 0 radical (unpaired) electrons. The van der Waals surface area contributed by atoms with Crippen LogP contribution in [0.3, 0.4) is 0 Å². The zero-order chi connectivity index (χ0) is 25.2. The highest BCUT2D eigenvalue weighted by molar-refractivity contribution is 7.98. The van der Waals surface area contributed by atoms with Gasteiger partial charge in [-0.1, -0.05) is 72.2 Å². The van der Waals surface area contributed by atoms with Crippen LogP contribution in [0.15, 0.2) is 84.0 Å². The molecule has 0 bridgehead atoms. The van der Waals surface area contributed by atoms with Crippen LogP contribution >= 0.6 is 35.0 Å². The van der Waals surface area contributed by atoms with Crippen molar-refractivity contribution < 1.29 is 9.13 Å². The highest BCUT2D eigenvalue weighted by Crippen LogP contribution is 2.35. The van der Waals surface area contributed by atoms with E-state index in [0.29, 0.717) is 21.0 Å². The molecular weight excluding hydrogens is 516 g/mol. The Morgan fingerprint density at radius 3 is 2.33 bits per heavy atom. The third-order valence-corrected chi connectivity index (χ3v) is 7.77. The van der Waals surface area contributed by atoms with Gasteiger partial charge in [-0.2, -0.15) is 0 Å². The first-order chi connectivity index (χ1) is 17.4. The third kappa shape index (κ3) is 4.94. The summed E-state index contributed by atoms with van der Waals surface area (Å²) >= 11 is 14.2. The van der Waals surface area contributed by atoms with E-state index in [4.69, 9.17) is 27.9 Å². The van der Waals surface area contributed by atoms with Crippen LogP contribution in [-0.2, 0) is 5.75 Å². The van der Waals surface area contributed by atoms with E-state index in [2.05, 4.69) is 35.3 Å². The smallest absolute Gasteiger partial charge is 0.196 e. The predicted molar refractivity (Wildman–Crippen MR) is 145 cm³/mol. The first-order valence-corrected chi connectivity index (χ1v) is 13.0. The molecule has 36 heavy (non-hydrogen) atoms. The van der Waals surface area contributed by atoms with Crippen molar-refractivity contribution in [2.75, 3.05) is 7.11 Å². The van der Waals surface area contributed by atoms with Crippen LogP contribution in [0.5, 0.6) is 5.75 Å².